The molecule has 2 aliphatic rings. The van der Waals surface area contributed by atoms with Crippen LogP contribution in [0.25, 0.3) is 11.2 Å². The number of aliphatic hydroxyl groups is 1. The number of rotatable bonds is 12. The van der Waals surface area contributed by atoms with Gasteiger partial charge in [0.2, 0.25) is 11.8 Å². The van der Waals surface area contributed by atoms with Crippen molar-refractivity contribution in [2.24, 2.45) is 0 Å². The van der Waals surface area contributed by atoms with E-state index in [1.807, 2.05) is 0 Å². The molecule has 222 valence electrons. The number of aliphatic hydroxyl groups excluding tert-OH is 1. The summed E-state index contributed by atoms with van der Waals surface area (Å²) >= 11 is 0. The van der Waals surface area contributed by atoms with Crippen LogP contribution in [-0.2, 0) is 28.1 Å². The van der Waals surface area contributed by atoms with Gasteiger partial charge in [0.25, 0.3) is 0 Å². The molecule has 16 heteroatoms. The highest BCUT2D eigenvalue weighted by atomic mass is 31.2. The van der Waals surface area contributed by atoms with E-state index in [4.69, 9.17) is 33.7 Å². The summed E-state index contributed by atoms with van der Waals surface area (Å²) in [5, 5.41) is 13.8. The number of para-hydroxylation sites is 1. The number of imidazole rings is 1. The molecule has 2 fully saturated rings. The maximum atomic E-state index is 13.9. The van der Waals surface area contributed by atoms with Crippen molar-refractivity contribution in [2.75, 3.05) is 25.6 Å². The largest absolute Gasteiger partial charge is 0.476 e. The Kier molecular flexibility index (Phi) is 8.19. The standard InChI is InChI=1S/C25H33N6O9P/c1-5-35-21-17-20(28-24(26)29-21)31(13-27-17)22-18-19(32)25(39-22,11-36-18)12-37-41(34,40-16-9-7-6-8-10-16)30-15(4)23(33)38-14(2)3/h6-10,13-15,18-19,22,32H,5,11-12H2,1-4H3,(H,30,34)(H2,26,28,29)/t15-,18-,19+,22?,25-,41?/m1/s1. The van der Waals surface area contributed by atoms with Crippen LogP contribution < -0.4 is 20.1 Å². The predicted octanol–water partition coefficient (Wildman–Crippen LogP) is 1.97. The van der Waals surface area contributed by atoms with Crippen LogP contribution in [0.5, 0.6) is 11.6 Å². The monoisotopic (exact) mass is 592 g/mol. The zero-order valence-corrected chi connectivity index (χ0v) is 23.9. The first-order valence-electron chi connectivity index (χ1n) is 13.1. The Morgan fingerprint density at radius 2 is 2.05 bits per heavy atom. The Balaban J connectivity index is 1.38. The van der Waals surface area contributed by atoms with Crippen LogP contribution in [0.2, 0.25) is 0 Å². The maximum absolute atomic E-state index is 13.9. The lowest BCUT2D eigenvalue weighted by Gasteiger charge is -2.32. The van der Waals surface area contributed by atoms with Gasteiger partial charge in [-0.15, -0.1) is 0 Å². The summed E-state index contributed by atoms with van der Waals surface area (Å²) in [4.78, 5) is 25.2. The number of aromatic nitrogens is 4. The van der Waals surface area contributed by atoms with Crippen molar-refractivity contribution in [3.05, 3.63) is 36.7 Å². The zero-order valence-electron chi connectivity index (χ0n) is 23.0. The Morgan fingerprint density at radius 1 is 1.29 bits per heavy atom. The third kappa shape index (κ3) is 5.87. The number of anilines is 1. The molecule has 2 bridgehead atoms. The van der Waals surface area contributed by atoms with Crippen molar-refractivity contribution in [3.8, 4) is 11.6 Å². The number of benzene rings is 1. The molecule has 4 heterocycles. The molecule has 0 spiro atoms. The Bertz CT molecular complexity index is 1440. The highest BCUT2D eigenvalue weighted by Gasteiger charge is 2.63. The number of hydrogen-bond acceptors (Lipinski definition) is 13. The van der Waals surface area contributed by atoms with Crippen molar-refractivity contribution in [3.63, 3.8) is 0 Å². The fraction of sp³-hybridized carbons (Fsp3) is 0.520. The van der Waals surface area contributed by atoms with Crippen LogP contribution >= 0.6 is 7.75 Å². The molecule has 1 aromatic carbocycles. The third-order valence-electron chi connectivity index (χ3n) is 6.47. The third-order valence-corrected chi connectivity index (χ3v) is 8.10. The molecule has 0 aliphatic carbocycles. The van der Waals surface area contributed by atoms with E-state index in [9.17, 15) is 14.5 Å². The van der Waals surface area contributed by atoms with Crippen LogP contribution in [0.15, 0.2) is 36.7 Å². The number of ether oxygens (including phenoxy) is 4. The minimum atomic E-state index is -4.22. The SMILES string of the molecule is CCOc1nc(N)nc2c1ncn2C1O[C@@]2(COP(=O)(N[C@H](C)C(=O)OC(C)C)Oc3ccccc3)CO[C@@H]1[C@@H]2O. The molecular weight excluding hydrogens is 559 g/mol. The van der Waals surface area contributed by atoms with E-state index in [0.29, 0.717) is 17.8 Å². The first kappa shape index (κ1) is 29.2. The van der Waals surface area contributed by atoms with Gasteiger partial charge in [-0.3, -0.25) is 13.9 Å². The number of nitrogens with two attached hydrogens (primary N) is 1. The normalized spacial score (nSPS) is 25.8. The summed E-state index contributed by atoms with van der Waals surface area (Å²) in [6, 6.07) is 7.30. The van der Waals surface area contributed by atoms with Crippen molar-refractivity contribution in [2.45, 2.75) is 63.9 Å². The summed E-state index contributed by atoms with van der Waals surface area (Å²) in [6.07, 6.45) is -1.80. The number of esters is 1. The van der Waals surface area contributed by atoms with Crippen LogP contribution in [0.3, 0.4) is 0 Å². The van der Waals surface area contributed by atoms with Gasteiger partial charge in [0.05, 0.1) is 32.3 Å². The van der Waals surface area contributed by atoms with E-state index in [1.165, 1.54) is 13.3 Å². The van der Waals surface area contributed by atoms with E-state index >= 15 is 0 Å². The number of carbonyl (C=O) groups excluding carboxylic acids is 1. The van der Waals surface area contributed by atoms with Crippen molar-refractivity contribution in [1.29, 1.82) is 0 Å². The maximum Gasteiger partial charge on any atom is 0.459 e. The minimum Gasteiger partial charge on any atom is -0.476 e. The molecule has 0 saturated carbocycles. The highest BCUT2D eigenvalue weighted by Crippen LogP contribution is 2.51. The fourth-order valence-corrected chi connectivity index (χ4v) is 6.15. The van der Waals surface area contributed by atoms with Crippen LogP contribution in [0, 0.1) is 0 Å². The number of nitrogens with zero attached hydrogens (tertiary/aromatic N) is 4. The highest BCUT2D eigenvalue weighted by molar-refractivity contribution is 7.52. The zero-order chi connectivity index (χ0) is 29.4. The average molecular weight is 593 g/mol. The molecule has 0 amide bonds. The number of hydrogen-bond donors (Lipinski definition) is 3. The predicted molar refractivity (Wildman–Crippen MR) is 144 cm³/mol. The van der Waals surface area contributed by atoms with Gasteiger partial charge in [0, 0.05) is 0 Å². The van der Waals surface area contributed by atoms with Gasteiger partial charge in [-0.25, -0.2) is 9.55 Å². The molecule has 2 saturated heterocycles. The summed E-state index contributed by atoms with van der Waals surface area (Å²) in [6.45, 7) is 6.57. The summed E-state index contributed by atoms with van der Waals surface area (Å²) in [7, 11) is -4.22. The van der Waals surface area contributed by atoms with E-state index < -0.39 is 50.4 Å². The van der Waals surface area contributed by atoms with Crippen molar-refractivity contribution < 1.29 is 42.5 Å². The average Bonchev–Trinajstić information content (AvgIpc) is 3.57. The van der Waals surface area contributed by atoms with Crippen molar-refractivity contribution >= 4 is 30.8 Å². The van der Waals surface area contributed by atoms with Gasteiger partial charge in [0.1, 0.15) is 29.6 Å². The van der Waals surface area contributed by atoms with Crippen LogP contribution in [-0.4, -0.2) is 80.4 Å². The molecule has 4 N–H and O–H groups in total. The van der Waals surface area contributed by atoms with E-state index in [1.54, 1.807) is 55.7 Å². The van der Waals surface area contributed by atoms with Gasteiger partial charge in [-0.2, -0.15) is 15.1 Å². The minimum absolute atomic E-state index is 0.0273. The second-order valence-corrected chi connectivity index (χ2v) is 11.6. The molecule has 2 unspecified atom stereocenters. The van der Waals surface area contributed by atoms with Gasteiger partial charge < -0.3 is 34.3 Å². The number of carbonyl (C=O) groups is 1. The number of fused-ring (bicyclic) bond motifs is 3. The lowest BCUT2D eigenvalue weighted by molar-refractivity contribution is -0.183. The first-order valence-corrected chi connectivity index (χ1v) is 14.7. The van der Waals surface area contributed by atoms with Gasteiger partial charge >= 0.3 is 13.7 Å². The van der Waals surface area contributed by atoms with E-state index in [2.05, 4.69) is 20.0 Å². The van der Waals surface area contributed by atoms with Gasteiger partial charge in [-0.05, 0) is 39.8 Å². The molecule has 15 nitrogen and oxygen atoms in total. The van der Waals surface area contributed by atoms with Crippen LogP contribution in [0.4, 0.5) is 5.95 Å². The van der Waals surface area contributed by atoms with Gasteiger partial charge in [-0.1, -0.05) is 18.2 Å². The topological polar surface area (TPSA) is 191 Å². The molecule has 5 rings (SSSR count). The Labute approximate surface area is 235 Å². The smallest absolute Gasteiger partial charge is 0.459 e. The molecular formula is C25H33N6O9P. The number of nitrogen functional groups attached to an aromatic ring is 1. The molecule has 2 aliphatic heterocycles. The lowest BCUT2D eigenvalue weighted by Crippen LogP contribution is -2.46. The first-order chi connectivity index (χ1) is 19.5. The van der Waals surface area contributed by atoms with E-state index in [0.717, 1.165) is 0 Å². The number of nitrogens with one attached hydrogen (secondary N) is 1. The Hall–Kier alpha value is -3.33. The molecule has 6 atom stereocenters. The Morgan fingerprint density at radius 3 is 2.76 bits per heavy atom. The summed E-state index contributed by atoms with van der Waals surface area (Å²) in [5.41, 5.74) is 5.15. The van der Waals surface area contributed by atoms with Gasteiger partial charge in [0.15, 0.2) is 17.4 Å². The molecule has 41 heavy (non-hydrogen) atoms. The van der Waals surface area contributed by atoms with Crippen LogP contribution in [0.1, 0.15) is 33.9 Å². The second-order valence-electron chi connectivity index (χ2n) is 9.95. The molecule has 2 aromatic heterocycles. The molecule has 0 radical (unpaired) electrons. The summed E-state index contributed by atoms with van der Waals surface area (Å²) in [5.74, 6) is -0.212. The quantitative estimate of drug-likeness (QED) is 0.204. The van der Waals surface area contributed by atoms with Crippen molar-refractivity contribution in [1.82, 2.24) is 24.6 Å². The lowest BCUT2D eigenvalue weighted by atomic mass is 10.0. The fourth-order valence-electron chi connectivity index (χ4n) is 4.60. The summed E-state index contributed by atoms with van der Waals surface area (Å²) < 4.78 is 49.9. The molecule has 3 aromatic rings. The second kappa shape index (κ2) is 11.5. The van der Waals surface area contributed by atoms with E-state index in [-0.39, 0.29) is 30.3 Å².